The first-order valence-electron chi connectivity index (χ1n) is 7.39. The lowest BCUT2D eigenvalue weighted by Gasteiger charge is -2.08. The smallest absolute Gasteiger partial charge is 0.271 e. The van der Waals surface area contributed by atoms with E-state index in [0.29, 0.717) is 11.5 Å². The van der Waals surface area contributed by atoms with Gasteiger partial charge in [0, 0.05) is 11.9 Å². The molecular formula is C17H15N3O3S2. The third-order valence-corrected chi connectivity index (χ3v) is 6.04. The molecule has 8 heteroatoms. The summed E-state index contributed by atoms with van der Waals surface area (Å²) in [6.07, 6.45) is 1.78. The number of amides is 1. The SMILES string of the molecule is O=C(Cc1ccc(NS(=O)(=O)c2cccs2)cc1)Nc1ccccn1. The van der Waals surface area contributed by atoms with Crippen LogP contribution in [0.5, 0.6) is 0 Å². The number of aromatic nitrogens is 1. The van der Waals surface area contributed by atoms with Crippen LogP contribution in [0.25, 0.3) is 0 Å². The van der Waals surface area contributed by atoms with Gasteiger partial charge in [0.1, 0.15) is 10.0 Å². The molecule has 1 amide bonds. The van der Waals surface area contributed by atoms with Crippen LogP contribution in [0.15, 0.2) is 70.4 Å². The van der Waals surface area contributed by atoms with Crippen molar-refractivity contribution in [3.05, 3.63) is 71.7 Å². The molecule has 0 bridgehead atoms. The van der Waals surface area contributed by atoms with E-state index in [9.17, 15) is 13.2 Å². The van der Waals surface area contributed by atoms with Gasteiger partial charge in [-0.2, -0.15) is 0 Å². The van der Waals surface area contributed by atoms with Crippen molar-refractivity contribution in [1.29, 1.82) is 0 Å². The molecule has 128 valence electrons. The fourth-order valence-corrected chi connectivity index (χ4v) is 4.17. The average Bonchev–Trinajstić information content (AvgIpc) is 3.13. The highest BCUT2D eigenvalue weighted by molar-refractivity contribution is 7.94. The highest BCUT2D eigenvalue weighted by Gasteiger charge is 2.15. The van der Waals surface area contributed by atoms with Crippen molar-refractivity contribution in [3.63, 3.8) is 0 Å². The minimum absolute atomic E-state index is 0.175. The van der Waals surface area contributed by atoms with Gasteiger partial charge < -0.3 is 5.32 Å². The fraction of sp³-hybridized carbons (Fsp3) is 0.0588. The summed E-state index contributed by atoms with van der Waals surface area (Å²) in [7, 11) is -3.57. The molecule has 2 heterocycles. The Kier molecular flexibility index (Phi) is 5.11. The summed E-state index contributed by atoms with van der Waals surface area (Å²) in [4.78, 5) is 16.0. The number of hydrogen-bond donors (Lipinski definition) is 2. The molecule has 0 spiro atoms. The minimum Gasteiger partial charge on any atom is -0.310 e. The molecule has 25 heavy (non-hydrogen) atoms. The fourth-order valence-electron chi connectivity index (χ4n) is 2.12. The van der Waals surface area contributed by atoms with Crippen LogP contribution >= 0.6 is 11.3 Å². The number of nitrogens with one attached hydrogen (secondary N) is 2. The predicted molar refractivity (Wildman–Crippen MR) is 98.1 cm³/mol. The summed E-state index contributed by atoms with van der Waals surface area (Å²) in [5.74, 6) is 0.304. The highest BCUT2D eigenvalue weighted by atomic mass is 32.2. The Morgan fingerprint density at radius 2 is 1.84 bits per heavy atom. The quantitative estimate of drug-likeness (QED) is 0.695. The molecule has 0 saturated heterocycles. The van der Waals surface area contributed by atoms with Crippen molar-refractivity contribution < 1.29 is 13.2 Å². The lowest BCUT2D eigenvalue weighted by molar-refractivity contribution is -0.115. The second kappa shape index (κ2) is 7.45. The number of nitrogens with zero attached hydrogens (tertiary/aromatic N) is 1. The van der Waals surface area contributed by atoms with Gasteiger partial charge in [0.2, 0.25) is 5.91 Å². The van der Waals surface area contributed by atoms with Crippen molar-refractivity contribution in [2.75, 3.05) is 10.0 Å². The molecule has 0 aliphatic rings. The number of thiophene rings is 1. The summed E-state index contributed by atoms with van der Waals surface area (Å²) in [6, 6.07) is 15.2. The molecular weight excluding hydrogens is 358 g/mol. The molecule has 0 aliphatic carbocycles. The third-order valence-electron chi connectivity index (χ3n) is 3.26. The van der Waals surface area contributed by atoms with Crippen LogP contribution in [0, 0.1) is 0 Å². The maximum Gasteiger partial charge on any atom is 0.271 e. The zero-order valence-electron chi connectivity index (χ0n) is 13.0. The van der Waals surface area contributed by atoms with E-state index >= 15 is 0 Å². The maximum atomic E-state index is 12.2. The van der Waals surface area contributed by atoms with Crippen molar-refractivity contribution in [3.8, 4) is 0 Å². The van der Waals surface area contributed by atoms with Crippen LogP contribution in [0.1, 0.15) is 5.56 Å². The van der Waals surface area contributed by atoms with E-state index in [4.69, 9.17) is 0 Å². The Labute approximate surface area is 149 Å². The van der Waals surface area contributed by atoms with E-state index in [1.54, 1.807) is 66.2 Å². The lowest BCUT2D eigenvalue weighted by Crippen LogP contribution is -2.15. The summed E-state index contributed by atoms with van der Waals surface area (Å²) in [6.45, 7) is 0. The number of hydrogen-bond acceptors (Lipinski definition) is 5. The Hall–Kier alpha value is -2.71. The Balaban J connectivity index is 1.61. The van der Waals surface area contributed by atoms with Gasteiger partial charge in [0.05, 0.1) is 6.42 Å². The van der Waals surface area contributed by atoms with Crippen molar-refractivity contribution in [1.82, 2.24) is 4.98 Å². The second-order valence-electron chi connectivity index (χ2n) is 5.17. The molecule has 6 nitrogen and oxygen atoms in total. The van der Waals surface area contributed by atoms with Crippen molar-refractivity contribution in [2.24, 2.45) is 0 Å². The van der Waals surface area contributed by atoms with Crippen molar-refractivity contribution in [2.45, 2.75) is 10.6 Å². The zero-order chi connectivity index (χ0) is 17.7. The first-order valence-corrected chi connectivity index (χ1v) is 9.75. The van der Waals surface area contributed by atoms with E-state index in [1.165, 1.54) is 0 Å². The average molecular weight is 373 g/mol. The summed E-state index contributed by atoms with van der Waals surface area (Å²) in [5.41, 5.74) is 1.22. The molecule has 0 radical (unpaired) electrons. The summed E-state index contributed by atoms with van der Waals surface area (Å²) in [5, 5.41) is 4.41. The third kappa shape index (κ3) is 4.65. The standard InChI is InChI=1S/C17H15N3O3S2/c21-16(19-15-4-1-2-10-18-15)12-13-6-8-14(9-7-13)20-25(22,23)17-5-3-11-24-17/h1-11,20H,12H2,(H,18,19,21). The van der Waals surface area contributed by atoms with E-state index in [1.807, 2.05) is 0 Å². The van der Waals surface area contributed by atoms with Crippen LogP contribution in [0.4, 0.5) is 11.5 Å². The van der Waals surface area contributed by atoms with Crippen LogP contribution < -0.4 is 10.0 Å². The summed E-state index contributed by atoms with van der Waals surface area (Å²) < 4.78 is 27.1. The van der Waals surface area contributed by atoms with Crippen molar-refractivity contribution >= 4 is 38.8 Å². The number of benzene rings is 1. The maximum absolute atomic E-state index is 12.2. The molecule has 0 fully saturated rings. The molecule has 1 aromatic carbocycles. The normalized spacial score (nSPS) is 11.0. The van der Waals surface area contributed by atoms with Gasteiger partial charge in [-0.25, -0.2) is 13.4 Å². The van der Waals surface area contributed by atoms with E-state index in [2.05, 4.69) is 15.0 Å². The van der Waals surface area contributed by atoms with Gasteiger partial charge in [0.25, 0.3) is 10.0 Å². The number of carbonyl (C=O) groups is 1. The topological polar surface area (TPSA) is 88.2 Å². The molecule has 2 N–H and O–H groups in total. The predicted octanol–water partition coefficient (Wildman–Crippen LogP) is 3.13. The molecule has 3 aromatic rings. The van der Waals surface area contributed by atoms with Gasteiger partial charge in [-0.3, -0.25) is 9.52 Å². The first-order chi connectivity index (χ1) is 12.0. The van der Waals surface area contributed by atoms with Gasteiger partial charge in [-0.15, -0.1) is 11.3 Å². The Morgan fingerprint density at radius 1 is 1.04 bits per heavy atom. The van der Waals surface area contributed by atoms with Crippen LogP contribution in [0.3, 0.4) is 0 Å². The molecule has 0 aliphatic heterocycles. The van der Waals surface area contributed by atoms with Gasteiger partial charge >= 0.3 is 0 Å². The van der Waals surface area contributed by atoms with Crippen LogP contribution in [0.2, 0.25) is 0 Å². The molecule has 0 saturated carbocycles. The van der Waals surface area contributed by atoms with Gasteiger partial charge in [0.15, 0.2) is 0 Å². The number of sulfonamides is 1. The lowest BCUT2D eigenvalue weighted by atomic mass is 10.1. The first kappa shape index (κ1) is 17.1. The zero-order valence-corrected chi connectivity index (χ0v) is 14.7. The number of carbonyl (C=O) groups excluding carboxylic acids is 1. The second-order valence-corrected chi connectivity index (χ2v) is 8.03. The minimum atomic E-state index is -3.57. The monoisotopic (exact) mass is 373 g/mol. The number of pyridine rings is 1. The van der Waals surface area contributed by atoms with Gasteiger partial charge in [-0.1, -0.05) is 24.3 Å². The van der Waals surface area contributed by atoms with Crippen LogP contribution in [-0.2, 0) is 21.2 Å². The summed E-state index contributed by atoms with van der Waals surface area (Å²) >= 11 is 1.15. The van der Waals surface area contributed by atoms with E-state index < -0.39 is 10.0 Å². The largest absolute Gasteiger partial charge is 0.310 e. The van der Waals surface area contributed by atoms with E-state index in [0.717, 1.165) is 16.9 Å². The number of anilines is 2. The van der Waals surface area contributed by atoms with E-state index in [-0.39, 0.29) is 16.5 Å². The molecule has 0 atom stereocenters. The van der Waals surface area contributed by atoms with Gasteiger partial charge in [-0.05, 0) is 41.3 Å². The van der Waals surface area contributed by atoms with Crippen LogP contribution in [-0.4, -0.2) is 19.3 Å². The molecule has 0 unspecified atom stereocenters. The molecule has 3 rings (SSSR count). The number of rotatable bonds is 6. The Morgan fingerprint density at radius 3 is 2.48 bits per heavy atom. The highest BCUT2D eigenvalue weighted by Crippen LogP contribution is 2.20. The molecule has 2 aromatic heterocycles. The Bertz CT molecular complexity index is 939.